The van der Waals surface area contributed by atoms with E-state index in [2.05, 4.69) is 34.1 Å². The molecule has 1 unspecified atom stereocenters. The predicted molar refractivity (Wildman–Crippen MR) is 102 cm³/mol. The van der Waals surface area contributed by atoms with Gasteiger partial charge in [0.05, 0.1) is 0 Å². The van der Waals surface area contributed by atoms with Crippen LogP contribution in [0.4, 0.5) is 10.1 Å². The summed E-state index contributed by atoms with van der Waals surface area (Å²) in [4.78, 5) is 17.2. The lowest BCUT2D eigenvalue weighted by molar-refractivity contribution is -0.118. The largest absolute Gasteiger partial charge is 0.366 e. The molecule has 0 radical (unpaired) electrons. The van der Waals surface area contributed by atoms with E-state index in [0.717, 1.165) is 38.2 Å². The number of anilines is 1. The molecule has 0 aromatic heterocycles. The maximum atomic E-state index is 12.9. The Morgan fingerprint density at radius 3 is 2.73 bits per heavy atom. The van der Waals surface area contributed by atoms with Gasteiger partial charge in [0.15, 0.2) is 0 Å². The first-order valence-electron chi connectivity index (χ1n) is 9.52. The lowest BCUT2D eigenvalue weighted by atomic mass is 9.94. The molecule has 4 heteroatoms. The lowest BCUT2D eigenvalue weighted by Gasteiger charge is -2.46. The van der Waals surface area contributed by atoms with Gasteiger partial charge in [0.2, 0.25) is 0 Å². The fourth-order valence-electron chi connectivity index (χ4n) is 4.21. The summed E-state index contributed by atoms with van der Waals surface area (Å²) >= 11 is 0. The second-order valence-electron chi connectivity index (χ2n) is 7.41. The average Bonchev–Trinajstić information content (AvgIpc) is 2.68. The molecule has 0 amide bonds. The number of para-hydroxylation sites is 1. The van der Waals surface area contributed by atoms with Crippen LogP contribution in [0.2, 0.25) is 0 Å². The summed E-state index contributed by atoms with van der Waals surface area (Å²) in [6, 6.07) is 15.5. The van der Waals surface area contributed by atoms with Crippen molar-refractivity contribution >= 4 is 11.5 Å². The highest BCUT2D eigenvalue weighted by molar-refractivity contribution is 5.81. The summed E-state index contributed by atoms with van der Waals surface area (Å²) in [7, 11) is 0. The van der Waals surface area contributed by atoms with Crippen molar-refractivity contribution in [2.45, 2.75) is 31.7 Å². The van der Waals surface area contributed by atoms with Crippen molar-refractivity contribution in [1.82, 2.24) is 4.90 Å². The minimum atomic E-state index is -0.256. The average molecular weight is 352 g/mol. The molecule has 1 saturated heterocycles. The maximum Gasteiger partial charge on any atom is 0.138 e. The molecule has 2 aliphatic rings. The number of carbonyl (C=O) groups excluding carboxylic acids is 1. The van der Waals surface area contributed by atoms with Gasteiger partial charge < -0.3 is 4.90 Å². The Bertz CT molecular complexity index is 774. The third-order valence-electron chi connectivity index (χ3n) is 5.64. The summed E-state index contributed by atoms with van der Waals surface area (Å²) in [5, 5.41) is 0. The third kappa shape index (κ3) is 3.80. The van der Waals surface area contributed by atoms with Gasteiger partial charge >= 0.3 is 0 Å². The molecule has 3 nitrogen and oxygen atoms in total. The zero-order chi connectivity index (χ0) is 17.9. The summed E-state index contributed by atoms with van der Waals surface area (Å²) < 4.78 is 12.9. The molecule has 2 aliphatic heterocycles. The number of halogens is 1. The molecule has 2 aromatic rings. The number of fused-ring (bicyclic) bond motifs is 3. The summed E-state index contributed by atoms with van der Waals surface area (Å²) in [6.45, 7) is 3.91. The van der Waals surface area contributed by atoms with Crippen LogP contribution >= 0.6 is 0 Å². The van der Waals surface area contributed by atoms with Gasteiger partial charge in [0.25, 0.3) is 0 Å². The molecule has 4 rings (SSSR count). The van der Waals surface area contributed by atoms with E-state index >= 15 is 0 Å². The van der Waals surface area contributed by atoms with E-state index in [0.29, 0.717) is 18.9 Å². The minimum absolute atomic E-state index is 0.230. The van der Waals surface area contributed by atoms with Gasteiger partial charge in [-0.25, -0.2) is 4.39 Å². The normalized spacial score (nSPS) is 19.7. The van der Waals surface area contributed by atoms with Crippen LogP contribution in [0.25, 0.3) is 0 Å². The van der Waals surface area contributed by atoms with E-state index in [1.54, 1.807) is 12.1 Å². The van der Waals surface area contributed by atoms with Crippen LogP contribution in [0.1, 0.15) is 24.0 Å². The molecule has 136 valence electrons. The molecular formula is C22H25FN2O. The Hall–Kier alpha value is -2.20. The first-order chi connectivity index (χ1) is 12.7. The zero-order valence-corrected chi connectivity index (χ0v) is 15.0. The molecule has 0 saturated carbocycles. The van der Waals surface area contributed by atoms with Crippen molar-refractivity contribution in [2.75, 3.05) is 31.1 Å². The molecule has 0 bridgehead atoms. The van der Waals surface area contributed by atoms with Crippen LogP contribution in [0.5, 0.6) is 0 Å². The SMILES string of the molecule is O=C(CCN1CCN2c3ccccc3CCC2C1)Cc1ccc(F)cc1. The predicted octanol–water partition coefficient (Wildman–Crippen LogP) is 3.46. The van der Waals surface area contributed by atoms with E-state index in [1.165, 1.54) is 29.8 Å². The Kier molecular flexibility index (Phi) is 5.02. The van der Waals surface area contributed by atoms with Crippen molar-refractivity contribution in [2.24, 2.45) is 0 Å². The highest BCUT2D eigenvalue weighted by atomic mass is 19.1. The second kappa shape index (κ2) is 7.58. The van der Waals surface area contributed by atoms with Gasteiger partial charge in [0.1, 0.15) is 11.6 Å². The molecule has 0 N–H and O–H groups in total. The third-order valence-corrected chi connectivity index (χ3v) is 5.64. The standard InChI is InChI=1S/C22H25FN2O/c23-19-8-5-17(6-9-19)15-21(26)11-12-24-13-14-25-20(16-24)10-7-18-3-1-2-4-22(18)25/h1-6,8-9,20H,7,10-16H2. The Morgan fingerprint density at radius 1 is 1.08 bits per heavy atom. The fourth-order valence-corrected chi connectivity index (χ4v) is 4.21. The monoisotopic (exact) mass is 352 g/mol. The van der Waals surface area contributed by atoms with Gasteiger partial charge in [-0.1, -0.05) is 30.3 Å². The highest BCUT2D eigenvalue weighted by Gasteiger charge is 2.31. The Morgan fingerprint density at radius 2 is 1.88 bits per heavy atom. The van der Waals surface area contributed by atoms with Gasteiger partial charge in [0, 0.05) is 50.7 Å². The fraction of sp³-hybridized carbons (Fsp3) is 0.409. The number of ketones is 1. The van der Waals surface area contributed by atoms with Crippen molar-refractivity contribution in [3.05, 3.63) is 65.5 Å². The molecule has 1 fully saturated rings. The van der Waals surface area contributed by atoms with Crippen LogP contribution < -0.4 is 4.90 Å². The van der Waals surface area contributed by atoms with Crippen molar-refractivity contribution in [3.63, 3.8) is 0 Å². The zero-order valence-electron chi connectivity index (χ0n) is 15.0. The number of hydrogen-bond donors (Lipinski definition) is 0. The first kappa shape index (κ1) is 17.2. The van der Waals surface area contributed by atoms with Gasteiger partial charge in [-0.3, -0.25) is 9.69 Å². The van der Waals surface area contributed by atoms with Crippen LogP contribution in [0, 0.1) is 5.82 Å². The van der Waals surface area contributed by atoms with Crippen molar-refractivity contribution < 1.29 is 9.18 Å². The number of rotatable bonds is 5. The summed E-state index contributed by atoms with van der Waals surface area (Å²) in [6.07, 6.45) is 3.31. The van der Waals surface area contributed by atoms with E-state index in [1.807, 2.05) is 0 Å². The highest BCUT2D eigenvalue weighted by Crippen LogP contribution is 2.32. The minimum Gasteiger partial charge on any atom is -0.366 e. The molecule has 0 aliphatic carbocycles. The number of aryl methyl sites for hydroxylation is 1. The van der Waals surface area contributed by atoms with Gasteiger partial charge in [-0.15, -0.1) is 0 Å². The number of nitrogens with zero attached hydrogens (tertiary/aromatic N) is 2. The number of Topliss-reactive ketones (excluding diaryl/α,β-unsaturated/α-hetero) is 1. The van der Waals surface area contributed by atoms with Crippen LogP contribution in [0.15, 0.2) is 48.5 Å². The molecule has 2 aromatic carbocycles. The molecule has 1 atom stereocenters. The van der Waals surface area contributed by atoms with Crippen LogP contribution in [0.3, 0.4) is 0 Å². The number of carbonyl (C=O) groups is 1. The van der Waals surface area contributed by atoms with Crippen LogP contribution in [-0.4, -0.2) is 42.9 Å². The first-order valence-corrected chi connectivity index (χ1v) is 9.52. The van der Waals surface area contributed by atoms with Crippen LogP contribution in [-0.2, 0) is 17.6 Å². The lowest BCUT2D eigenvalue weighted by Crippen LogP contribution is -2.55. The molecule has 0 spiro atoms. The number of hydrogen-bond acceptors (Lipinski definition) is 3. The quantitative estimate of drug-likeness (QED) is 0.823. The molecule has 26 heavy (non-hydrogen) atoms. The maximum absolute atomic E-state index is 12.9. The summed E-state index contributed by atoms with van der Waals surface area (Å²) in [5.41, 5.74) is 3.76. The van der Waals surface area contributed by atoms with E-state index in [4.69, 9.17) is 0 Å². The number of benzene rings is 2. The van der Waals surface area contributed by atoms with E-state index < -0.39 is 0 Å². The van der Waals surface area contributed by atoms with Crippen molar-refractivity contribution in [1.29, 1.82) is 0 Å². The van der Waals surface area contributed by atoms with E-state index in [9.17, 15) is 9.18 Å². The Labute approximate surface area is 154 Å². The Balaban J connectivity index is 1.28. The molecular weight excluding hydrogens is 327 g/mol. The number of piperazine rings is 1. The topological polar surface area (TPSA) is 23.6 Å². The molecule has 2 heterocycles. The van der Waals surface area contributed by atoms with E-state index in [-0.39, 0.29) is 11.6 Å². The van der Waals surface area contributed by atoms with Gasteiger partial charge in [-0.2, -0.15) is 0 Å². The second-order valence-corrected chi connectivity index (χ2v) is 7.41. The smallest absolute Gasteiger partial charge is 0.138 e. The van der Waals surface area contributed by atoms with Crippen molar-refractivity contribution in [3.8, 4) is 0 Å². The van der Waals surface area contributed by atoms with Gasteiger partial charge in [-0.05, 0) is 42.2 Å². The summed E-state index contributed by atoms with van der Waals surface area (Å²) in [5.74, 6) is -0.0267.